The fourth-order valence-electron chi connectivity index (χ4n) is 2.21. The van der Waals surface area contributed by atoms with Crippen molar-refractivity contribution in [2.24, 2.45) is 7.05 Å². The number of aromatic nitrogens is 1. The summed E-state index contributed by atoms with van der Waals surface area (Å²) in [4.78, 5) is 0. The first-order chi connectivity index (χ1) is 7.76. The van der Waals surface area contributed by atoms with E-state index in [4.69, 9.17) is 5.11 Å². The lowest BCUT2D eigenvalue weighted by Gasteiger charge is -2.00. The SMILES string of the molecule is CCc1ccc2c(c1)c(CCCO)cn2C. The van der Waals surface area contributed by atoms with Crippen LogP contribution in [0.4, 0.5) is 0 Å². The molecule has 0 atom stereocenters. The maximum Gasteiger partial charge on any atom is 0.0480 e. The molecule has 0 bridgehead atoms. The highest BCUT2D eigenvalue weighted by molar-refractivity contribution is 5.84. The van der Waals surface area contributed by atoms with E-state index in [-0.39, 0.29) is 6.61 Å². The summed E-state index contributed by atoms with van der Waals surface area (Å²) in [5.41, 5.74) is 4.01. The van der Waals surface area contributed by atoms with E-state index in [1.54, 1.807) is 0 Å². The maximum atomic E-state index is 8.90. The summed E-state index contributed by atoms with van der Waals surface area (Å²) in [6.07, 6.45) is 5.06. The minimum absolute atomic E-state index is 0.268. The van der Waals surface area contributed by atoms with Crippen LogP contribution in [-0.4, -0.2) is 16.3 Å². The molecule has 0 radical (unpaired) electrons. The smallest absolute Gasteiger partial charge is 0.0480 e. The third kappa shape index (κ3) is 1.98. The van der Waals surface area contributed by atoms with Crippen molar-refractivity contribution in [3.05, 3.63) is 35.5 Å². The van der Waals surface area contributed by atoms with Gasteiger partial charge in [0.1, 0.15) is 0 Å². The van der Waals surface area contributed by atoms with Crippen LogP contribution in [0.5, 0.6) is 0 Å². The fraction of sp³-hybridized carbons (Fsp3) is 0.429. The van der Waals surface area contributed by atoms with Crippen LogP contribution in [0.1, 0.15) is 24.5 Å². The second-order valence-corrected chi connectivity index (χ2v) is 4.30. The quantitative estimate of drug-likeness (QED) is 0.837. The van der Waals surface area contributed by atoms with Crippen LogP contribution in [0.15, 0.2) is 24.4 Å². The topological polar surface area (TPSA) is 25.2 Å². The Hall–Kier alpha value is -1.28. The van der Waals surface area contributed by atoms with Crippen LogP contribution >= 0.6 is 0 Å². The summed E-state index contributed by atoms with van der Waals surface area (Å²) < 4.78 is 2.17. The van der Waals surface area contributed by atoms with Gasteiger partial charge < -0.3 is 9.67 Å². The minimum atomic E-state index is 0.268. The Balaban J connectivity index is 2.47. The van der Waals surface area contributed by atoms with Gasteiger partial charge in [-0.3, -0.25) is 0 Å². The minimum Gasteiger partial charge on any atom is -0.396 e. The van der Waals surface area contributed by atoms with Crippen LogP contribution < -0.4 is 0 Å². The van der Waals surface area contributed by atoms with Crippen molar-refractivity contribution < 1.29 is 5.11 Å². The molecule has 0 saturated carbocycles. The summed E-state index contributed by atoms with van der Waals surface area (Å²) in [6, 6.07) is 6.66. The normalized spacial score (nSPS) is 11.2. The molecule has 0 saturated heterocycles. The van der Waals surface area contributed by atoms with E-state index in [0.29, 0.717) is 0 Å². The third-order valence-electron chi connectivity index (χ3n) is 3.15. The molecule has 1 aromatic heterocycles. The highest BCUT2D eigenvalue weighted by atomic mass is 16.2. The van der Waals surface area contributed by atoms with Crippen molar-refractivity contribution in [1.29, 1.82) is 0 Å². The van der Waals surface area contributed by atoms with Crippen molar-refractivity contribution in [2.45, 2.75) is 26.2 Å². The molecule has 2 heteroatoms. The third-order valence-corrected chi connectivity index (χ3v) is 3.15. The highest BCUT2D eigenvalue weighted by Crippen LogP contribution is 2.23. The van der Waals surface area contributed by atoms with Gasteiger partial charge in [0.25, 0.3) is 0 Å². The van der Waals surface area contributed by atoms with Gasteiger partial charge in [0.05, 0.1) is 0 Å². The van der Waals surface area contributed by atoms with Crippen LogP contribution in [0.2, 0.25) is 0 Å². The summed E-state index contributed by atoms with van der Waals surface area (Å²) in [5, 5.41) is 10.2. The van der Waals surface area contributed by atoms with E-state index < -0.39 is 0 Å². The molecule has 0 aliphatic carbocycles. The van der Waals surface area contributed by atoms with Crippen molar-refractivity contribution in [2.75, 3.05) is 6.61 Å². The summed E-state index contributed by atoms with van der Waals surface area (Å²) in [7, 11) is 2.08. The Bertz CT molecular complexity index is 485. The van der Waals surface area contributed by atoms with Crippen molar-refractivity contribution >= 4 is 10.9 Å². The average Bonchev–Trinajstić information content (AvgIpc) is 2.63. The Morgan fingerprint density at radius 1 is 1.31 bits per heavy atom. The standard InChI is InChI=1S/C14H19NO/c1-3-11-6-7-14-13(9-11)12(5-4-8-16)10-15(14)2/h6-7,9-10,16H,3-5,8H2,1-2H3. The molecule has 0 amide bonds. The summed E-state index contributed by atoms with van der Waals surface area (Å²) in [5.74, 6) is 0. The molecule has 16 heavy (non-hydrogen) atoms. The Morgan fingerprint density at radius 2 is 2.12 bits per heavy atom. The van der Waals surface area contributed by atoms with Crippen LogP contribution in [-0.2, 0) is 19.9 Å². The monoisotopic (exact) mass is 217 g/mol. The highest BCUT2D eigenvalue weighted by Gasteiger charge is 2.06. The van der Waals surface area contributed by atoms with E-state index in [1.165, 1.54) is 22.0 Å². The molecule has 1 heterocycles. The number of benzene rings is 1. The molecule has 0 aliphatic heterocycles. The summed E-state index contributed by atoms with van der Waals surface area (Å²) >= 11 is 0. The van der Waals surface area contributed by atoms with Crippen molar-refractivity contribution in [3.63, 3.8) is 0 Å². The number of hydrogen-bond acceptors (Lipinski definition) is 1. The zero-order valence-electron chi connectivity index (χ0n) is 10.0. The Kier molecular flexibility index (Phi) is 3.30. The lowest BCUT2D eigenvalue weighted by atomic mass is 10.1. The number of nitrogens with zero attached hydrogens (tertiary/aromatic N) is 1. The van der Waals surface area contributed by atoms with Crippen LogP contribution in [0.3, 0.4) is 0 Å². The molecule has 1 N–H and O–H groups in total. The first kappa shape index (κ1) is 11.2. The van der Waals surface area contributed by atoms with E-state index in [9.17, 15) is 0 Å². The molecule has 1 aromatic carbocycles. The first-order valence-corrected chi connectivity index (χ1v) is 5.94. The predicted octanol–water partition coefficient (Wildman–Crippen LogP) is 2.67. The summed E-state index contributed by atoms with van der Waals surface area (Å²) in [6.45, 7) is 2.45. The average molecular weight is 217 g/mol. The second kappa shape index (κ2) is 4.71. The number of aliphatic hydroxyl groups is 1. The van der Waals surface area contributed by atoms with Crippen molar-refractivity contribution in [3.8, 4) is 0 Å². The first-order valence-electron chi connectivity index (χ1n) is 5.94. The fourth-order valence-corrected chi connectivity index (χ4v) is 2.21. The van der Waals surface area contributed by atoms with Gasteiger partial charge in [0.2, 0.25) is 0 Å². The number of rotatable bonds is 4. The van der Waals surface area contributed by atoms with Gasteiger partial charge in [0.15, 0.2) is 0 Å². The molecule has 0 spiro atoms. The molecule has 0 unspecified atom stereocenters. The zero-order valence-corrected chi connectivity index (χ0v) is 10.0. The van der Waals surface area contributed by atoms with Gasteiger partial charge in [-0.15, -0.1) is 0 Å². The number of fused-ring (bicyclic) bond motifs is 1. The maximum absolute atomic E-state index is 8.90. The molecule has 2 aromatic rings. The van der Waals surface area contributed by atoms with Gasteiger partial charge in [-0.1, -0.05) is 13.0 Å². The van der Waals surface area contributed by atoms with Gasteiger partial charge in [-0.2, -0.15) is 0 Å². The second-order valence-electron chi connectivity index (χ2n) is 4.30. The lowest BCUT2D eigenvalue weighted by Crippen LogP contribution is -1.88. The molecule has 2 nitrogen and oxygen atoms in total. The molecular formula is C14H19NO. The zero-order chi connectivity index (χ0) is 11.5. The number of hydrogen-bond donors (Lipinski definition) is 1. The number of aryl methyl sites for hydroxylation is 3. The van der Waals surface area contributed by atoms with Gasteiger partial charge in [-0.05, 0) is 42.5 Å². The Labute approximate surface area is 96.5 Å². The van der Waals surface area contributed by atoms with E-state index in [1.807, 2.05) is 0 Å². The molecular weight excluding hydrogens is 198 g/mol. The number of aliphatic hydroxyl groups excluding tert-OH is 1. The Morgan fingerprint density at radius 3 is 2.81 bits per heavy atom. The van der Waals surface area contributed by atoms with E-state index in [0.717, 1.165) is 19.3 Å². The van der Waals surface area contributed by atoms with Gasteiger partial charge in [-0.25, -0.2) is 0 Å². The molecule has 0 aliphatic rings. The van der Waals surface area contributed by atoms with Crippen molar-refractivity contribution in [1.82, 2.24) is 4.57 Å². The van der Waals surface area contributed by atoms with E-state index >= 15 is 0 Å². The molecule has 0 fully saturated rings. The van der Waals surface area contributed by atoms with Gasteiger partial charge >= 0.3 is 0 Å². The van der Waals surface area contributed by atoms with Crippen LogP contribution in [0, 0.1) is 0 Å². The largest absolute Gasteiger partial charge is 0.396 e. The van der Waals surface area contributed by atoms with Gasteiger partial charge in [0, 0.05) is 30.8 Å². The predicted molar refractivity (Wildman–Crippen MR) is 67.7 cm³/mol. The van der Waals surface area contributed by atoms with Crippen LogP contribution in [0.25, 0.3) is 10.9 Å². The molecule has 86 valence electrons. The molecule has 2 rings (SSSR count). The van der Waals surface area contributed by atoms with E-state index in [2.05, 4.69) is 42.9 Å². The lowest BCUT2D eigenvalue weighted by molar-refractivity contribution is 0.288.